The molecule has 0 atom stereocenters. The minimum Gasteiger partial charge on any atom is -0.492 e. The van der Waals surface area contributed by atoms with Gasteiger partial charge in [0.1, 0.15) is 11.6 Å². The van der Waals surface area contributed by atoms with Crippen LogP contribution in [0.3, 0.4) is 0 Å². The molecule has 0 bridgehead atoms. The van der Waals surface area contributed by atoms with E-state index in [1.807, 2.05) is 43.3 Å². The Bertz CT molecular complexity index is 864. The third-order valence-corrected chi connectivity index (χ3v) is 3.87. The number of hydrogen-bond acceptors (Lipinski definition) is 5. The zero-order valence-electron chi connectivity index (χ0n) is 14.7. The molecule has 1 aromatic heterocycles. The number of hydrogen-bond donors (Lipinski definition) is 2. The first-order chi connectivity index (χ1) is 12.2. The van der Waals surface area contributed by atoms with E-state index in [0.717, 1.165) is 17.1 Å². The molecule has 0 aliphatic carbocycles. The van der Waals surface area contributed by atoms with Gasteiger partial charge in [0.2, 0.25) is 5.95 Å². The highest BCUT2D eigenvalue weighted by molar-refractivity contribution is 5.65. The lowest BCUT2D eigenvalue weighted by molar-refractivity contribution is 0.342. The van der Waals surface area contributed by atoms with Crippen molar-refractivity contribution in [1.82, 2.24) is 9.97 Å². The first-order valence-electron chi connectivity index (χ1n) is 8.32. The van der Waals surface area contributed by atoms with Crippen molar-refractivity contribution in [3.8, 4) is 5.75 Å². The van der Waals surface area contributed by atoms with E-state index in [2.05, 4.69) is 46.6 Å². The molecule has 2 N–H and O–H groups in total. The molecule has 3 rings (SSSR count). The summed E-state index contributed by atoms with van der Waals surface area (Å²) in [6, 6.07) is 15.8. The highest BCUT2D eigenvalue weighted by Gasteiger charge is 2.05. The largest absolute Gasteiger partial charge is 0.492 e. The van der Waals surface area contributed by atoms with Crippen LogP contribution in [-0.4, -0.2) is 16.6 Å². The van der Waals surface area contributed by atoms with E-state index in [-0.39, 0.29) is 0 Å². The van der Waals surface area contributed by atoms with Crippen LogP contribution in [0.25, 0.3) is 0 Å². The predicted octanol–water partition coefficient (Wildman–Crippen LogP) is 4.98. The van der Waals surface area contributed by atoms with Gasteiger partial charge in [0.25, 0.3) is 0 Å². The van der Waals surface area contributed by atoms with Crippen LogP contribution >= 0.6 is 0 Å². The summed E-state index contributed by atoms with van der Waals surface area (Å²) in [6.45, 7) is 6.76. The van der Waals surface area contributed by atoms with Gasteiger partial charge in [-0.25, -0.2) is 4.98 Å². The van der Waals surface area contributed by atoms with E-state index in [1.165, 1.54) is 11.1 Å². The summed E-state index contributed by atoms with van der Waals surface area (Å²) in [5, 5.41) is 6.53. The van der Waals surface area contributed by atoms with Crippen molar-refractivity contribution in [2.45, 2.75) is 20.8 Å². The van der Waals surface area contributed by atoms with Crippen LogP contribution < -0.4 is 15.4 Å². The Morgan fingerprint density at radius 1 is 0.960 bits per heavy atom. The van der Waals surface area contributed by atoms with Crippen molar-refractivity contribution in [3.05, 3.63) is 65.9 Å². The normalized spacial score (nSPS) is 10.4. The molecule has 0 unspecified atom stereocenters. The van der Waals surface area contributed by atoms with Gasteiger partial charge in [-0.1, -0.05) is 18.2 Å². The van der Waals surface area contributed by atoms with Gasteiger partial charge in [0.05, 0.1) is 12.3 Å². The molecule has 0 saturated carbocycles. The molecule has 0 radical (unpaired) electrons. The van der Waals surface area contributed by atoms with E-state index in [9.17, 15) is 0 Å². The van der Waals surface area contributed by atoms with E-state index >= 15 is 0 Å². The molecule has 0 aliphatic rings. The van der Waals surface area contributed by atoms with Gasteiger partial charge < -0.3 is 15.4 Å². The summed E-state index contributed by atoms with van der Waals surface area (Å²) >= 11 is 0. The summed E-state index contributed by atoms with van der Waals surface area (Å²) in [7, 11) is 0. The maximum absolute atomic E-state index is 5.64. The van der Waals surface area contributed by atoms with Gasteiger partial charge in [-0.3, -0.25) is 0 Å². The fourth-order valence-electron chi connectivity index (χ4n) is 2.43. The van der Waals surface area contributed by atoms with Crippen LogP contribution in [0, 0.1) is 13.8 Å². The fraction of sp³-hybridized carbons (Fsp3) is 0.200. The molecule has 5 nitrogen and oxygen atoms in total. The molecule has 5 heteroatoms. The lowest BCUT2D eigenvalue weighted by atomic mass is 10.1. The zero-order valence-corrected chi connectivity index (χ0v) is 14.7. The number of benzene rings is 2. The zero-order chi connectivity index (χ0) is 17.6. The van der Waals surface area contributed by atoms with Crippen molar-refractivity contribution in [2.75, 3.05) is 17.2 Å². The smallest absolute Gasteiger partial charge is 0.229 e. The maximum atomic E-state index is 5.64. The van der Waals surface area contributed by atoms with E-state index < -0.39 is 0 Å². The van der Waals surface area contributed by atoms with Crippen molar-refractivity contribution >= 4 is 23.1 Å². The summed E-state index contributed by atoms with van der Waals surface area (Å²) in [6.07, 6.45) is 1.72. The quantitative estimate of drug-likeness (QED) is 0.666. The number of para-hydroxylation sites is 2. The number of aromatic nitrogens is 2. The average molecular weight is 334 g/mol. The lowest BCUT2D eigenvalue weighted by Crippen LogP contribution is -2.02. The third kappa shape index (κ3) is 4.26. The van der Waals surface area contributed by atoms with Gasteiger partial charge >= 0.3 is 0 Å². The molecule has 0 spiro atoms. The average Bonchev–Trinajstić information content (AvgIpc) is 2.61. The first kappa shape index (κ1) is 16.8. The molecular formula is C20H22N4O. The standard InChI is InChI=1S/C20H22N4O/c1-4-25-18-8-6-5-7-17(18)23-19-11-12-21-20(24-19)22-16-10-9-14(2)15(3)13-16/h5-13H,4H2,1-3H3,(H2,21,22,23,24). The molecule has 0 aliphatic heterocycles. The number of rotatable bonds is 6. The number of nitrogens with zero attached hydrogens (tertiary/aromatic N) is 2. The Morgan fingerprint density at radius 2 is 1.80 bits per heavy atom. The molecule has 2 aromatic carbocycles. The van der Waals surface area contributed by atoms with Gasteiger partial charge in [-0.15, -0.1) is 0 Å². The van der Waals surface area contributed by atoms with E-state index in [0.29, 0.717) is 18.4 Å². The Hall–Kier alpha value is -3.08. The van der Waals surface area contributed by atoms with Crippen LogP contribution in [0.5, 0.6) is 5.75 Å². The van der Waals surface area contributed by atoms with E-state index in [1.54, 1.807) is 6.20 Å². The SMILES string of the molecule is CCOc1ccccc1Nc1ccnc(Nc2ccc(C)c(C)c2)n1. The topological polar surface area (TPSA) is 59.1 Å². The number of nitrogens with one attached hydrogen (secondary N) is 2. The first-order valence-corrected chi connectivity index (χ1v) is 8.32. The Morgan fingerprint density at radius 3 is 2.60 bits per heavy atom. The minimum absolute atomic E-state index is 0.544. The lowest BCUT2D eigenvalue weighted by Gasteiger charge is -2.12. The summed E-state index contributed by atoms with van der Waals surface area (Å²) in [4.78, 5) is 8.82. The molecule has 0 amide bonds. The molecule has 0 fully saturated rings. The third-order valence-electron chi connectivity index (χ3n) is 3.87. The van der Waals surface area contributed by atoms with Crippen LogP contribution in [0.4, 0.5) is 23.1 Å². The number of aryl methyl sites for hydroxylation is 2. The van der Waals surface area contributed by atoms with Gasteiger partial charge in [-0.2, -0.15) is 4.98 Å². The highest BCUT2D eigenvalue weighted by atomic mass is 16.5. The summed E-state index contributed by atoms with van der Waals surface area (Å²) in [5.74, 6) is 2.04. The summed E-state index contributed by atoms with van der Waals surface area (Å²) < 4.78 is 5.64. The molecular weight excluding hydrogens is 312 g/mol. The van der Waals surface area contributed by atoms with Gasteiger partial charge in [-0.05, 0) is 62.2 Å². The number of ether oxygens (including phenoxy) is 1. The van der Waals surface area contributed by atoms with Crippen molar-refractivity contribution < 1.29 is 4.74 Å². The van der Waals surface area contributed by atoms with Gasteiger partial charge in [0, 0.05) is 11.9 Å². The van der Waals surface area contributed by atoms with Crippen LogP contribution in [0.15, 0.2) is 54.7 Å². The van der Waals surface area contributed by atoms with Gasteiger partial charge in [0.15, 0.2) is 0 Å². The Labute approximate surface area is 148 Å². The van der Waals surface area contributed by atoms with Crippen LogP contribution in [-0.2, 0) is 0 Å². The van der Waals surface area contributed by atoms with Crippen molar-refractivity contribution in [1.29, 1.82) is 0 Å². The maximum Gasteiger partial charge on any atom is 0.229 e. The van der Waals surface area contributed by atoms with Crippen molar-refractivity contribution in [3.63, 3.8) is 0 Å². The predicted molar refractivity (Wildman–Crippen MR) is 102 cm³/mol. The van der Waals surface area contributed by atoms with Crippen LogP contribution in [0.2, 0.25) is 0 Å². The molecule has 0 saturated heterocycles. The molecule has 25 heavy (non-hydrogen) atoms. The molecule has 3 aromatic rings. The molecule has 1 heterocycles. The fourth-order valence-corrected chi connectivity index (χ4v) is 2.43. The summed E-state index contributed by atoms with van der Waals surface area (Å²) in [5.41, 5.74) is 4.33. The van der Waals surface area contributed by atoms with Crippen molar-refractivity contribution in [2.24, 2.45) is 0 Å². The minimum atomic E-state index is 0.544. The second-order valence-corrected chi connectivity index (χ2v) is 5.74. The Balaban J connectivity index is 1.78. The van der Waals surface area contributed by atoms with Crippen LogP contribution in [0.1, 0.15) is 18.1 Å². The molecule has 128 valence electrons. The highest BCUT2D eigenvalue weighted by Crippen LogP contribution is 2.27. The number of anilines is 4. The van der Waals surface area contributed by atoms with E-state index in [4.69, 9.17) is 4.74 Å². The Kier molecular flexibility index (Phi) is 5.14. The monoisotopic (exact) mass is 334 g/mol. The second kappa shape index (κ2) is 7.66. The second-order valence-electron chi connectivity index (χ2n) is 5.74.